The Morgan fingerprint density at radius 1 is 0.852 bits per heavy atom. The van der Waals surface area contributed by atoms with Gasteiger partial charge in [0.2, 0.25) is 11.8 Å². The topological polar surface area (TPSA) is 300 Å². The number of ketones is 2. The second-order valence-electron chi connectivity index (χ2n) is 25.0. The fourth-order valence-corrected chi connectivity index (χ4v) is 15.8. The normalized spacial score (nSPS) is 27.0. The van der Waals surface area contributed by atoms with Gasteiger partial charge in [0.15, 0.2) is 30.0 Å². The van der Waals surface area contributed by atoms with Crippen LogP contribution in [0.5, 0.6) is 11.5 Å². The van der Waals surface area contributed by atoms with Crippen molar-refractivity contribution in [1.82, 2.24) is 20.1 Å². The Morgan fingerprint density at radius 2 is 1.59 bits per heavy atom. The first-order valence-corrected chi connectivity index (χ1v) is 32.3. The van der Waals surface area contributed by atoms with Gasteiger partial charge in [-0.25, -0.2) is 19.4 Å². The predicted molar refractivity (Wildman–Crippen MR) is 328 cm³/mol. The summed E-state index contributed by atoms with van der Waals surface area (Å²) in [5.41, 5.74) is 3.57. The van der Waals surface area contributed by atoms with E-state index in [-0.39, 0.29) is 99.6 Å². The van der Waals surface area contributed by atoms with Gasteiger partial charge in [-0.2, -0.15) is 0 Å². The molecule has 11 atom stereocenters. The van der Waals surface area contributed by atoms with Crippen LogP contribution in [0.25, 0.3) is 10.2 Å². The molecule has 3 unspecified atom stereocenters. The Bertz CT molecular complexity index is 3250. The van der Waals surface area contributed by atoms with Crippen molar-refractivity contribution in [2.75, 3.05) is 72.0 Å². The van der Waals surface area contributed by atoms with Crippen molar-refractivity contribution in [2.45, 2.75) is 149 Å². The molecule has 3 amide bonds. The molecule has 9 rings (SSSR count). The van der Waals surface area contributed by atoms with Gasteiger partial charge in [-0.05, 0) is 124 Å². The van der Waals surface area contributed by atoms with E-state index < -0.39 is 60.0 Å². The minimum atomic E-state index is -1.33. The first-order valence-electron chi connectivity index (χ1n) is 30.5. The number of aliphatic carboxylic acids is 2. The van der Waals surface area contributed by atoms with Crippen LogP contribution in [0.4, 0.5) is 4.79 Å². The van der Waals surface area contributed by atoms with Gasteiger partial charge in [0.25, 0.3) is 0 Å². The quantitative estimate of drug-likeness (QED) is 0.0394. The fourth-order valence-electron chi connectivity index (χ4n) is 13.7. The molecule has 3 aromatic rings. The highest BCUT2D eigenvalue weighted by Gasteiger charge is 2.57. The molecule has 2 aliphatic heterocycles. The number of carbonyl (C=O) groups excluding carboxylic acids is 5. The number of aliphatic hydroxyl groups excluding tert-OH is 2. The van der Waals surface area contributed by atoms with E-state index in [4.69, 9.17) is 28.4 Å². The number of nitrogens with zero attached hydrogens (tertiary/aromatic N) is 4. The number of carbonyl (C=O) groups is 7. The number of thioether (sulfide) groups is 1. The van der Waals surface area contributed by atoms with Crippen LogP contribution in [-0.4, -0.2) is 190 Å². The molecule has 88 heavy (non-hydrogen) atoms. The molecule has 6 aliphatic rings. The molecule has 2 saturated carbocycles. The number of Topliss-reactive ketones (excluding diaryl/α,β-unsaturated/α-hetero) is 2. The number of rotatable bonds is 26. The average molecular weight is 1260 g/mol. The Labute approximate surface area is 520 Å². The maximum Gasteiger partial charge on any atom is 0.415 e. The monoisotopic (exact) mass is 1260 g/mol. The van der Waals surface area contributed by atoms with E-state index in [2.05, 4.69) is 34.3 Å². The van der Waals surface area contributed by atoms with Crippen LogP contribution >= 0.6 is 23.1 Å². The lowest BCUT2D eigenvalue weighted by Gasteiger charge is -2.51. The van der Waals surface area contributed by atoms with E-state index in [1.165, 1.54) is 44.0 Å². The minimum Gasteiger partial charge on any atom is -0.494 e. The highest BCUT2D eigenvalue weighted by Crippen LogP contribution is 2.62. The van der Waals surface area contributed by atoms with Gasteiger partial charge in [-0.3, -0.25) is 24.2 Å². The maximum atomic E-state index is 13.9. The lowest BCUT2D eigenvalue weighted by atomic mass is 9.55. The number of aryl methyl sites for hydroxylation is 1. The first-order chi connectivity index (χ1) is 41.9. The van der Waals surface area contributed by atoms with Crippen LogP contribution in [0.3, 0.4) is 0 Å². The molecule has 1 aromatic heterocycles. The molecule has 0 bridgehead atoms. The molecular weight excluding hydrogens is 1170 g/mol. The molecule has 22 nitrogen and oxygen atoms in total. The number of fused-ring (bicyclic) bond motifs is 6. The van der Waals surface area contributed by atoms with Gasteiger partial charge in [0.05, 0.1) is 55.5 Å². The largest absolute Gasteiger partial charge is 0.494 e. The fraction of sp³-hybridized carbons (Fsp3) is 0.609. The van der Waals surface area contributed by atoms with Crippen molar-refractivity contribution in [3.05, 3.63) is 74.8 Å². The summed E-state index contributed by atoms with van der Waals surface area (Å²) in [6.07, 6.45) is 0.284. The summed E-state index contributed by atoms with van der Waals surface area (Å²) in [6.45, 7) is 14.0. The van der Waals surface area contributed by atoms with Crippen molar-refractivity contribution >= 4 is 79.8 Å². The second-order valence-corrected chi connectivity index (χ2v) is 27.1. The summed E-state index contributed by atoms with van der Waals surface area (Å²) in [5, 5.41) is 44.6. The molecule has 0 radical (unpaired) electrons. The molecule has 24 heteroatoms. The van der Waals surface area contributed by atoms with E-state index in [9.17, 15) is 54.0 Å². The number of benzene rings is 2. The third-order valence-electron chi connectivity index (χ3n) is 18.9. The van der Waals surface area contributed by atoms with Crippen LogP contribution in [-0.2, 0) is 54.1 Å². The second kappa shape index (κ2) is 28.4. The number of likely N-dealkylation sites (N-methyl/N-ethyl adjacent to an activating group) is 1. The molecule has 3 heterocycles. The number of carboxylic acids is 2. The summed E-state index contributed by atoms with van der Waals surface area (Å²) in [5.74, 6) is -1.26. The van der Waals surface area contributed by atoms with E-state index in [1.54, 1.807) is 66.8 Å². The highest BCUT2D eigenvalue weighted by molar-refractivity contribution is 8.15. The van der Waals surface area contributed by atoms with Gasteiger partial charge in [-0.1, -0.05) is 33.8 Å². The average Bonchev–Trinajstić information content (AvgIpc) is 3.06. The highest BCUT2D eigenvalue weighted by atomic mass is 32.2. The SMILES string of the molecule is CC1=C(C)C(=O)C(C(C)(C)CC(=O)N(C)CCN(CCOCCOCCC(=O)NCCCOc2ccc3c(c2)CC[C@@H]2[C@@H]3CC[C@]3(C)[C@@H](OC4O[C@@H](C(=O)O)C(C)[C@@H](O)[C@@H]4O)CC[C@@H]23)C(=O)Oc2ccc3nc(C4=NC(C(=O)O)CS4)sc3c2)=C(C)C1=O. The van der Waals surface area contributed by atoms with Crippen LogP contribution < -0.4 is 14.8 Å². The zero-order valence-electron chi connectivity index (χ0n) is 51.4. The number of ether oxygens (including phenoxy) is 6. The van der Waals surface area contributed by atoms with Gasteiger partial charge in [-0.15, -0.1) is 23.1 Å². The third kappa shape index (κ3) is 14.7. The number of nitrogens with one attached hydrogen (secondary N) is 1. The van der Waals surface area contributed by atoms with Gasteiger partial charge in [0, 0.05) is 91.5 Å². The number of amides is 3. The van der Waals surface area contributed by atoms with Crippen molar-refractivity contribution in [1.29, 1.82) is 0 Å². The Hall–Kier alpha value is -6.12. The Morgan fingerprint density at radius 3 is 2.33 bits per heavy atom. The van der Waals surface area contributed by atoms with E-state index in [0.717, 1.165) is 44.3 Å². The summed E-state index contributed by atoms with van der Waals surface area (Å²) in [6, 6.07) is 10.5. The number of aliphatic imine (C=N–C) groups is 1. The van der Waals surface area contributed by atoms with Crippen LogP contribution in [0.2, 0.25) is 0 Å². The molecular formula is C64H83N5O17S2. The van der Waals surface area contributed by atoms with E-state index in [1.807, 2.05) is 6.07 Å². The Balaban J connectivity index is 0.687. The van der Waals surface area contributed by atoms with Crippen molar-refractivity contribution in [3.63, 3.8) is 0 Å². The standard InChI is InChI=1S/C64H83N5O17S2/c1-34-35(2)53(73)51(36(3)52(34)72)63(5,6)32-50(71)68(8)22-23-69(62(80)84-40-12-16-45-47(31-40)88-58(66-45)57-67-46(33-87-57)59(76)77)24-27-82-29-28-81-26-19-49(70)65-21-9-25-83-39-11-14-41-38(30-39)10-13-43-42(41)18-20-64(7)44(43)15-17-48(64)85-61-55(75)54(74)37(4)56(86-61)60(78)79/h11-12,14,16,30-31,37,42-44,46,48,54-56,61,74-75H,9-10,13,15,17-29,32-33H2,1-8H3,(H,65,70)(H,76,77)(H,78,79)/t37?,42-,43-,44+,46?,48+,54-,55+,56-,61?,64+/m1/s1. The third-order valence-corrected chi connectivity index (χ3v) is 21.1. The zero-order chi connectivity index (χ0) is 63.4. The number of aliphatic hydroxyl groups is 2. The van der Waals surface area contributed by atoms with Crippen LogP contribution in [0, 0.1) is 28.6 Å². The van der Waals surface area contributed by atoms with Gasteiger partial charge >= 0.3 is 18.0 Å². The lowest BCUT2D eigenvalue weighted by molar-refractivity contribution is -0.302. The van der Waals surface area contributed by atoms with Crippen molar-refractivity contribution in [3.8, 4) is 11.5 Å². The molecule has 0 spiro atoms. The predicted octanol–water partition coefficient (Wildman–Crippen LogP) is 7.14. The smallest absolute Gasteiger partial charge is 0.415 e. The molecule has 2 aromatic carbocycles. The number of hydrogen-bond donors (Lipinski definition) is 5. The lowest BCUT2D eigenvalue weighted by Crippen LogP contribution is -2.58. The van der Waals surface area contributed by atoms with E-state index in [0.29, 0.717) is 85.6 Å². The molecule has 3 fully saturated rings. The number of carboxylic acid groups (broad SMARTS) is 2. The van der Waals surface area contributed by atoms with Gasteiger partial charge in [0.1, 0.15) is 27.7 Å². The number of thiazole rings is 1. The molecule has 4 aliphatic carbocycles. The zero-order valence-corrected chi connectivity index (χ0v) is 53.0. The molecule has 1 saturated heterocycles. The van der Waals surface area contributed by atoms with Crippen LogP contribution in [0.15, 0.2) is 63.7 Å². The summed E-state index contributed by atoms with van der Waals surface area (Å²) >= 11 is 2.63. The van der Waals surface area contributed by atoms with Crippen molar-refractivity contribution < 1.29 is 82.4 Å². The first kappa shape index (κ1) is 66.3. The van der Waals surface area contributed by atoms with Gasteiger partial charge < -0.3 is 64.0 Å². The number of allylic oxidation sites excluding steroid dienone is 4. The maximum absolute atomic E-state index is 13.9. The minimum absolute atomic E-state index is 0.0607. The summed E-state index contributed by atoms with van der Waals surface area (Å²) in [7, 11) is 1.61. The number of hydrogen-bond acceptors (Lipinski definition) is 19. The molecule has 478 valence electrons. The Kier molecular flexibility index (Phi) is 21.4. The molecule has 5 N–H and O–H groups in total. The summed E-state index contributed by atoms with van der Waals surface area (Å²) < 4.78 is 36.4. The summed E-state index contributed by atoms with van der Waals surface area (Å²) in [4.78, 5) is 102. The van der Waals surface area contributed by atoms with Crippen molar-refractivity contribution in [2.24, 2.45) is 33.6 Å². The van der Waals surface area contributed by atoms with Crippen LogP contribution in [0.1, 0.15) is 122 Å². The number of aromatic nitrogens is 1. The van der Waals surface area contributed by atoms with E-state index >= 15 is 0 Å².